The van der Waals surface area contributed by atoms with Crippen molar-refractivity contribution in [3.63, 3.8) is 0 Å². The van der Waals surface area contributed by atoms with Gasteiger partial charge in [0.05, 0.1) is 0 Å². The van der Waals surface area contributed by atoms with Crippen LogP contribution >= 0.6 is 23.2 Å². The van der Waals surface area contributed by atoms with Crippen LogP contribution in [0.1, 0.15) is 38.3 Å². The first kappa shape index (κ1) is 13.2. The minimum atomic E-state index is 0.340. The smallest absolute Gasteiger partial charge is 0.0468 e. The molecule has 1 fully saturated rings. The van der Waals surface area contributed by atoms with E-state index in [9.17, 15) is 0 Å². The van der Waals surface area contributed by atoms with E-state index >= 15 is 0 Å². The maximum atomic E-state index is 6.24. The Labute approximate surface area is 114 Å². The predicted molar refractivity (Wildman–Crippen MR) is 74.8 cm³/mol. The maximum absolute atomic E-state index is 6.24. The van der Waals surface area contributed by atoms with Gasteiger partial charge in [-0.15, -0.1) is 0 Å². The van der Waals surface area contributed by atoms with E-state index < -0.39 is 0 Å². The molecule has 0 amide bonds. The molecule has 1 aliphatic rings. The SMILES string of the molecule is CCC(NCC1CC1C)c1ccc(Cl)cc1Cl. The molecule has 0 aliphatic heterocycles. The Morgan fingerprint density at radius 3 is 2.65 bits per heavy atom. The number of hydrogen-bond donors (Lipinski definition) is 1. The molecule has 3 unspecified atom stereocenters. The average molecular weight is 272 g/mol. The lowest BCUT2D eigenvalue weighted by atomic mass is 10.0. The quantitative estimate of drug-likeness (QED) is 0.819. The second kappa shape index (κ2) is 5.60. The molecule has 17 heavy (non-hydrogen) atoms. The van der Waals surface area contributed by atoms with E-state index in [0.29, 0.717) is 11.1 Å². The van der Waals surface area contributed by atoms with Gasteiger partial charge in [0.15, 0.2) is 0 Å². The normalized spacial score (nSPS) is 24.7. The van der Waals surface area contributed by atoms with Gasteiger partial charge in [0, 0.05) is 16.1 Å². The molecule has 0 aromatic heterocycles. The average Bonchev–Trinajstić information content (AvgIpc) is 2.98. The van der Waals surface area contributed by atoms with Crippen molar-refractivity contribution in [2.45, 2.75) is 32.7 Å². The summed E-state index contributed by atoms with van der Waals surface area (Å²) in [6.45, 7) is 5.58. The molecule has 0 spiro atoms. The Balaban J connectivity index is 2.00. The van der Waals surface area contributed by atoms with E-state index in [4.69, 9.17) is 23.2 Å². The van der Waals surface area contributed by atoms with Crippen LogP contribution in [-0.2, 0) is 0 Å². The largest absolute Gasteiger partial charge is 0.310 e. The highest BCUT2D eigenvalue weighted by molar-refractivity contribution is 6.35. The minimum Gasteiger partial charge on any atom is -0.310 e. The van der Waals surface area contributed by atoms with E-state index in [1.165, 1.54) is 6.42 Å². The summed E-state index contributed by atoms with van der Waals surface area (Å²) in [7, 11) is 0. The van der Waals surface area contributed by atoms with Crippen molar-refractivity contribution in [2.75, 3.05) is 6.54 Å². The third-order valence-electron chi connectivity index (χ3n) is 3.65. The minimum absolute atomic E-state index is 0.340. The fraction of sp³-hybridized carbons (Fsp3) is 0.571. The monoisotopic (exact) mass is 271 g/mol. The van der Waals surface area contributed by atoms with Crippen molar-refractivity contribution in [1.29, 1.82) is 0 Å². The Morgan fingerprint density at radius 1 is 1.41 bits per heavy atom. The van der Waals surface area contributed by atoms with Crippen molar-refractivity contribution in [3.8, 4) is 0 Å². The third kappa shape index (κ3) is 3.37. The van der Waals surface area contributed by atoms with E-state index in [1.807, 2.05) is 18.2 Å². The van der Waals surface area contributed by atoms with Gasteiger partial charge in [-0.3, -0.25) is 0 Å². The lowest BCUT2D eigenvalue weighted by molar-refractivity contribution is 0.493. The maximum Gasteiger partial charge on any atom is 0.0468 e. The molecule has 1 aromatic rings. The van der Waals surface area contributed by atoms with E-state index in [0.717, 1.165) is 35.4 Å². The molecule has 1 aliphatic carbocycles. The summed E-state index contributed by atoms with van der Waals surface area (Å²) in [5.41, 5.74) is 1.16. The molecule has 0 bridgehead atoms. The fourth-order valence-electron chi connectivity index (χ4n) is 2.24. The molecule has 1 aromatic carbocycles. The van der Waals surface area contributed by atoms with Gasteiger partial charge in [-0.1, -0.05) is 43.1 Å². The zero-order valence-electron chi connectivity index (χ0n) is 10.3. The first-order chi connectivity index (χ1) is 8.11. The van der Waals surface area contributed by atoms with Gasteiger partial charge in [0.2, 0.25) is 0 Å². The van der Waals surface area contributed by atoms with Crippen molar-refractivity contribution < 1.29 is 0 Å². The third-order valence-corrected chi connectivity index (χ3v) is 4.21. The lowest BCUT2D eigenvalue weighted by Gasteiger charge is -2.19. The van der Waals surface area contributed by atoms with Crippen LogP contribution < -0.4 is 5.32 Å². The lowest BCUT2D eigenvalue weighted by Crippen LogP contribution is -2.23. The molecule has 1 N–H and O–H groups in total. The number of hydrogen-bond acceptors (Lipinski definition) is 1. The molecule has 0 saturated heterocycles. The molecule has 3 heteroatoms. The van der Waals surface area contributed by atoms with Crippen molar-refractivity contribution in [3.05, 3.63) is 33.8 Å². The zero-order valence-corrected chi connectivity index (χ0v) is 11.9. The van der Waals surface area contributed by atoms with Gasteiger partial charge in [-0.25, -0.2) is 0 Å². The second-order valence-corrected chi connectivity index (χ2v) is 5.85. The highest BCUT2D eigenvalue weighted by Gasteiger charge is 2.32. The molecular weight excluding hydrogens is 253 g/mol. The number of nitrogens with one attached hydrogen (secondary N) is 1. The van der Waals surface area contributed by atoms with Crippen molar-refractivity contribution in [2.24, 2.45) is 11.8 Å². The summed E-state index contributed by atoms with van der Waals surface area (Å²) in [5.74, 6) is 1.75. The van der Waals surface area contributed by atoms with Gasteiger partial charge >= 0.3 is 0 Å². The van der Waals surface area contributed by atoms with Crippen LogP contribution in [-0.4, -0.2) is 6.54 Å². The van der Waals surface area contributed by atoms with Crippen LogP contribution in [0.15, 0.2) is 18.2 Å². The summed E-state index contributed by atoms with van der Waals surface area (Å²) in [6, 6.07) is 6.10. The highest BCUT2D eigenvalue weighted by atomic mass is 35.5. The topological polar surface area (TPSA) is 12.0 Å². The standard InChI is InChI=1S/C14H19Cl2N/c1-3-14(17-8-10-6-9(10)2)12-5-4-11(15)7-13(12)16/h4-5,7,9-10,14,17H,3,6,8H2,1-2H3. The Kier molecular flexibility index (Phi) is 4.35. The number of benzene rings is 1. The van der Waals surface area contributed by atoms with Crippen LogP contribution in [0, 0.1) is 11.8 Å². The van der Waals surface area contributed by atoms with Crippen LogP contribution in [0.25, 0.3) is 0 Å². The molecule has 2 rings (SSSR count). The molecule has 3 atom stereocenters. The molecule has 1 saturated carbocycles. The Hall–Kier alpha value is -0.240. The predicted octanol–water partition coefficient (Wildman–Crippen LogP) is 4.69. The highest BCUT2D eigenvalue weighted by Crippen LogP contribution is 2.37. The molecule has 94 valence electrons. The number of halogens is 2. The first-order valence-electron chi connectivity index (χ1n) is 6.30. The van der Waals surface area contributed by atoms with Gasteiger partial charge < -0.3 is 5.32 Å². The summed E-state index contributed by atoms with van der Waals surface area (Å²) in [5, 5.41) is 5.07. The molecular formula is C14H19Cl2N. The Morgan fingerprint density at radius 2 is 2.12 bits per heavy atom. The van der Waals surface area contributed by atoms with Crippen molar-refractivity contribution in [1.82, 2.24) is 5.32 Å². The first-order valence-corrected chi connectivity index (χ1v) is 7.05. The van der Waals surface area contributed by atoms with Crippen LogP contribution in [0.4, 0.5) is 0 Å². The molecule has 0 radical (unpaired) electrons. The molecule has 1 nitrogen and oxygen atoms in total. The van der Waals surface area contributed by atoms with Crippen LogP contribution in [0.5, 0.6) is 0 Å². The summed E-state index contributed by atoms with van der Waals surface area (Å²) in [4.78, 5) is 0. The van der Waals surface area contributed by atoms with Gasteiger partial charge in [-0.05, 0) is 48.9 Å². The van der Waals surface area contributed by atoms with E-state index in [1.54, 1.807) is 0 Å². The van der Waals surface area contributed by atoms with E-state index in [2.05, 4.69) is 19.2 Å². The summed E-state index contributed by atoms with van der Waals surface area (Å²) < 4.78 is 0. The van der Waals surface area contributed by atoms with Crippen molar-refractivity contribution >= 4 is 23.2 Å². The van der Waals surface area contributed by atoms with Gasteiger partial charge in [0.1, 0.15) is 0 Å². The van der Waals surface area contributed by atoms with Gasteiger partial charge in [-0.2, -0.15) is 0 Å². The Bertz CT molecular complexity index is 392. The van der Waals surface area contributed by atoms with Gasteiger partial charge in [0.25, 0.3) is 0 Å². The van der Waals surface area contributed by atoms with Crippen LogP contribution in [0.2, 0.25) is 10.0 Å². The summed E-state index contributed by atoms with van der Waals surface area (Å²) >= 11 is 12.2. The fourth-order valence-corrected chi connectivity index (χ4v) is 2.78. The number of rotatable bonds is 5. The summed E-state index contributed by atoms with van der Waals surface area (Å²) in [6.07, 6.45) is 2.40. The molecule has 0 heterocycles. The zero-order chi connectivity index (χ0) is 12.4. The second-order valence-electron chi connectivity index (χ2n) is 5.01. The van der Waals surface area contributed by atoms with Crippen LogP contribution in [0.3, 0.4) is 0 Å². The van der Waals surface area contributed by atoms with E-state index in [-0.39, 0.29) is 0 Å².